The second-order valence-electron chi connectivity index (χ2n) is 6.08. The number of carbonyl (C=O) groups is 2. The van der Waals surface area contributed by atoms with Crippen LogP contribution >= 0.6 is 0 Å². The van der Waals surface area contributed by atoms with Gasteiger partial charge in [0.25, 0.3) is 0 Å². The molecule has 2 aromatic carbocycles. The van der Waals surface area contributed by atoms with E-state index >= 15 is 0 Å². The van der Waals surface area contributed by atoms with Crippen LogP contribution in [0.3, 0.4) is 0 Å². The number of ether oxygens (including phenoxy) is 2. The van der Waals surface area contributed by atoms with Gasteiger partial charge in [-0.2, -0.15) is 0 Å². The number of amides is 1. The van der Waals surface area contributed by atoms with Gasteiger partial charge in [0.2, 0.25) is 5.91 Å². The Morgan fingerprint density at radius 1 is 1.08 bits per heavy atom. The predicted octanol–water partition coefficient (Wildman–Crippen LogP) is 2.25. The van der Waals surface area contributed by atoms with E-state index in [2.05, 4.69) is 10.6 Å². The fourth-order valence-corrected chi connectivity index (χ4v) is 3.19. The van der Waals surface area contributed by atoms with E-state index in [9.17, 15) is 9.59 Å². The Morgan fingerprint density at radius 3 is 2.32 bits per heavy atom. The second-order valence-corrected chi connectivity index (χ2v) is 6.08. The van der Waals surface area contributed by atoms with Crippen LogP contribution < -0.4 is 15.4 Å². The van der Waals surface area contributed by atoms with Gasteiger partial charge in [-0.1, -0.05) is 36.4 Å². The van der Waals surface area contributed by atoms with Gasteiger partial charge < -0.3 is 14.8 Å². The third kappa shape index (κ3) is 3.08. The lowest BCUT2D eigenvalue weighted by Crippen LogP contribution is -2.33. The van der Waals surface area contributed by atoms with E-state index in [1.165, 1.54) is 0 Å². The summed E-state index contributed by atoms with van der Waals surface area (Å²) in [6.07, 6.45) is 0.658. The molecule has 0 radical (unpaired) electrons. The summed E-state index contributed by atoms with van der Waals surface area (Å²) in [4.78, 5) is 23.9. The molecule has 1 saturated heterocycles. The smallest absolute Gasteiger partial charge is 0.324 e. The highest BCUT2D eigenvalue weighted by molar-refractivity contribution is 5.81. The summed E-state index contributed by atoms with van der Waals surface area (Å²) < 4.78 is 10.8. The molecule has 2 aromatic rings. The molecule has 0 spiro atoms. The summed E-state index contributed by atoms with van der Waals surface area (Å²) in [5.41, 5.74) is 1.85. The molecule has 6 nitrogen and oxygen atoms in total. The number of cyclic esters (lactones) is 1. The van der Waals surface area contributed by atoms with Gasteiger partial charge in [-0.25, -0.2) is 0 Å². The molecule has 0 bridgehead atoms. The molecule has 128 valence electrons. The van der Waals surface area contributed by atoms with Gasteiger partial charge in [-0.15, -0.1) is 0 Å². The number of carbonyl (C=O) groups excluding carboxylic acids is 2. The van der Waals surface area contributed by atoms with Gasteiger partial charge in [0.05, 0.1) is 6.04 Å². The van der Waals surface area contributed by atoms with Gasteiger partial charge >= 0.3 is 5.97 Å². The SMILES string of the molecule is O=C(CC[C@@H]1NCOC1=O)NC1c2ccccc2Oc2ccccc21. The first-order valence-corrected chi connectivity index (χ1v) is 8.27. The molecule has 0 saturated carbocycles. The Hall–Kier alpha value is -2.86. The molecule has 4 rings (SSSR count). The van der Waals surface area contributed by atoms with Gasteiger partial charge in [0, 0.05) is 17.5 Å². The first kappa shape index (κ1) is 15.7. The molecule has 2 heterocycles. The third-order valence-electron chi connectivity index (χ3n) is 4.47. The van der Waals surface area contributed by atoms with E-state index in [0.29, 0.717) is 6.42 Å². The maximum Gasteiger partial charge on any atom is 0.324 e. The molecule has 0 aliphatic carbocycles. The number of benzene rings is 2. The zero-order chi connectivity index (χ0) is 17.2. The molecule has 2 N–H and O–H groups in total. The molecule has 2 aliphatic rings. The fourth-order valence-electron chi connectivity index (χ4n) is 3.19. The first-order valence-electron chi connectivity index (χ1n) is 8.27. The van der Waals surface area contributed by atoms with Crippen molar-refractivity contribution in [1.29, 1.82) is 0 Å². The molecule has 1 atom stereocenters. The Kier molecular flexibility index (Phi) is 4.11. The molecule has 1 amide bonds. The monoisotopic (exact) mass is 338 g/mol. The van der Waals surface area contributed by atoms with Crippen LogP contribution in [0.4, 0.5) is 0 Å². The van der Waals surface area contributed by atoms with Crippen LogP contribution in [0, 0.1) is 0 Å². The van der Waals surface area contributed by atoms with Crippen LogP contribution in [0.2, 0.25) is 0 Å². The molecule has 2 aliphatic heterocycles. The normalized spacial score (nSPS) is 18.7. The summed E-state index contributed by atoms with van der Waals surface area (Å²) in [6, 6.07) is 14.7. The standard InChI is InChI=1S/C19H18N2O4/c22-17(10-9-14-19(23)24-11-20-14)21-18-12-5-1-3-7-15(12)25-16-8-4-2-6-13(16)18/h1-8,14,18,20H,9-11H2,(H,21,22)/t14-/m0/s1. The summed E-state index contributed by atoms with van der Waals surface area (Å²) in [5, 5.41) is 6.00. The lowest BCUT2D eigenvalue weighted by molar-refractivity contribution is -0.139. The minimum atomic E-state index is -0.403. The predicted molar refractivity (Wildman–Crippen MR) is 90.1 cm³/mol. The number of rotatable bonds is 4. The van der Waals surface area contributed by atoms with Gasteiger partial charge in [0.1, 0.15) is 24.3 Å². The largest absolute Gasteiger partial charge is 0.457 e. The number of nitrogens with one attached hydrogen (secondary N) is 2. The maximum atomic E-state index is 12.5. The summed E-state index contributed by atoms with van der Waals surface area (Å²) in [7, 11) is 0. The van der Waals surface area contributed by atoms with Gasteiger partial charge in [-0.05, 0) is 18.6 Å². The Balaban J connectivity index is 1.51. The zero-order valence-corrected chi connectivity index (χ0v) is 13.5. The average Bonchev–Trinajstić information content (AvgIpc) is 3.05. The summed E-state index contributed by atoms with van der Waals surface area (Å²) in [6.45, 7) is 0.214. The molecule has 6 heteroatoms. The van der Waals surface area contributed by atoms with Crippen LogP contribution in [0.15, 0.2) is 48.5 Å². The number of esters is 1. The third-order valence-corrected chi connectivity index (χ3v) is 4.47. The van der Waals surface area contributed by atoms with Crippen molar-refractivity contribution < 1.29 is 19.1 Å². The quantitative estimate of drug-likeness (QED) is 0.836. The second kappa shape index (κ2) is 6.57. The van der Waals surface area contributed by atoms with E-state index in [1.807, 2.05) is 48.5 Å². The maximum absolute atomic E-state index is 12.5. The van der Waals surface area contributed by atoms with Crippen molar-refractivity contribution in [3.8, 4) is 11.5 Å². The van der Waals surface area contributed by atoms with Crippen molar-refractivity contribution in [3.05, 3.63) is 59.7 Å². The average molecular weight is 338 g/mol. The minimum absolute atomic E-state index is 0.113. The minimum Gasteiger partial charge on any atom is -0.457 e. The van der Waals surface area contributed by atoms with Crippen LogP contribution in [0.1, 0.15) is 30.0 Å². The van der Waals surface area contributed by atoms with Crippen LogP contribution in [0.5, 0.6) is 11.5 Å². The first-order chi connectivity index (χ1) is 12.2. The highest BCUT2D eigenvalue weighted by Gasteiger charge is 2.29. The van der Waals surface area contributed by atoms with E-state index in [1.54, 1.807) is 0 Å². The Bertz CT molecular complexity index is 775. The van der Waals surface area contributed by atoms with Crippen LogP contribution in [-0.4, -0.2) is 24.6 Å². The molecule has 0 aromatic heterocycles. The van der Waals surface area contributed by atoms with Crippen LogP contribution in [0.25, 0.3) is 0 Å². The van der Waals surface area contributed by atoms with Gasteiger partial charge in [0.15, 0.2) is 0 Å². The molecule has 0 unspecified atom stereocenters. The van der Waals surface area contributed by atoms with Crippen molar-refractivity contribution in [2.45, 2.75) is 24.9 Å². The number of para-hydroxylation sites is 2. The lowest BCUT2D eigenvalue weighted by Gasteiger charge is -2.28. The molecular formula is C19H18N2O4. The fraction of sp³-hybridized carbons (Fsp3) is 0.263. The van der Waals surface area contributed by atoms with E-state index < -0.39 is 6.04 Å². The number of fused-ring (bicyclic) bond motifs is 2. The van der Waals surface area contributed by atoms with Crippen LogP contribution in [-0.2, 0) is 14.3 Å². The highest BCUT2D eigenvalue weighted by Crippen LogP contribution is 2.42. The number of hydrogen-bond donors (Lipinski definition) is 2. The van der Waals surface area contributed by atoms with E-state index in [4.69, 9.17) is 9.47 Å². The topological polar surface area (TPSA) is 76.7 Å². The zero-order valence-electron chi connectivity index (χ0n) is 13.5. The highest BCUT2D eigenvalue weighted by atomic mass is 16.6. The van der Waals surface area contributed by atoms with Crippen molar-refractivity contribution >= 4 is 11.9 Å². The Labute approximate surface area is 145 Å². The summed E-state index contributed by atoms with van der Waals surface area (Å²) >= 11 is 0. The van der Waals surface area contributed by atoms with E-state index in [-0.39, 0.29) is 31.1 Å². The summed E-state index contributed by atoms with van der Waals surface area (Å²) in [5.74, 6) is 1.08. The number of hydrogen-bond acceptors (Lipinski definition) is 5. The molecular weight excluding hydrogens is 320 g/mol. The van der Waals surface area contributed by atoms with Crippen molar-refractivity contribution in [2.75, 3.05) is 6.73 Å². The van der Waals surface area contributed by atoms with E-state index in [0.717, 1.165) is 22.6 Å². The van der Waals surface area contributed by atoms with Crippen molar-refractivity contribution in [2.24, 2.45) is 0 Å². The van der Waals surface area contributed by atoms with Crippen molar-refractivity contribution in [1.82, 2.24) is 10.6 Å². The molecule has 1 fully saturated rings. The molecule has 25 heavy (non-hydrogen) atoms. The Morgan fingerprint density at radius 2 is 1.72 bits per heavy atom. The van der Waals surface area contributed by atoms with Crippen molar-refractivity contribution in [3.63, 3.8) is 0 Å². The lowest BCUT2D eigenvalue weighted by atomic mass is 9.94. The van der Waals surface area contributed by atoms with Gasteiger partial charge in [-0.3, -0.25) is 14.9 Å².